The molecule has 0 aliphatic carbocycles. The van der Waals surface area contributed by atoms with Gasteiger partial charge in [-0.3, -0.25) is 0 Å². The van der Waals surface area contributed by atoms with Crippen molar-refractivity contribution in [3.63, 3.8) is 0 Å². The fourth-order valence-electron chi connectivity index (χ4n) is 3.22. The summed E-state index contributed by atoms with van der Waals surface area (Å²) in [5, 5.41) is 0.454. The molecule has 0 bridgehead atoms. The quantitative estimate of drug-likeness (QED) is 0.723. The molecule has 1 aliphatic heterocycles. The van der Waals surface area contributed by atoms with Gasteiger partial charge in [-0.05, 0) is 31.4 Å². The van der Waals surface area contributed by atoms with Gasteiger partial charge in [0.2, 0.25) is 0 Å². The average Bonchev–Trinajstić information content (AvgIpc) is 2.59. The van der Waals surface area contributed by atoms with Gasteiger partial charge in [-0.25, -0.2) is 9.97 Å². The molecule has 3 rings (SSSR count). The van der Waals surface area contributed by atoms with Gasteiger partial charge in [0.1, 0.15) is 5.82 Å². The van der Waals surface area contributed by atoms with Crippen molar-refractivity contribution < 1.29 is 0 Å². The topological polar surface area (TPSA) is 107 Å². The highest BCUT2D eigenvalue weighted by atomic mass is 35.5. The molecule has 1 fully saturated rings. The molecule has 6 nitrogen and oxygen atoms in total. The first-order valence-corrected chi connectivity index (χ1v) is 9.09. The summed E-state index contributed by atoms with van der Waals surface area (Å²) in [6.07, 6.45) is 3.97. The number of piperidine rings is 1. The lowest BCUT2D eigenvalue weighted by molar-refractivity contribution is 0.503. The molecular formula is C18H25ClN6. The van der Waals surface area contributed by atoms with Crippen molar-refractivity contribution in [1.82, 2.24) is 9.97 Å². The molecule has 0 radical (unpaired) electrons. The fraction of sp³-hybridized carbons (Fsp3) is 0.444. The van der Waals surface area contributed by atoms with E-state index >= 15 is 0 Å². The van der Waals surface area contributed by atoms with Crippen molar-refractivity contribution in [1.29, 1.82) is 0 Å². The van der Waals surface area contributed by atoms with Crippen LogP contribution in [0.25, 0.3) is 11.4 Å². The lowest BCUT2D eigenvalue weighted by Crippen LogP contribution is -2.43. The van der Waals surface area contributed by atoms with Crippen LogP contribution in [-0.2, 0) is 6.42 Å². The Kier molecular flexibility index (Phi) is 5.30. The third kappa shape index (κ3) is 3.80. The standard InChI is InChI=1S/C18H25ClN6/c1-2-4-12-9-15(25-8-3-5-11(20)10-25)24-18(23-12)16-14(21)7-6-13(19)17(16)22/h6-7,9,11H,2-5,8,10,20-22H2,1H3. The van der Waals surface area contributed by atoms with Crippen molar-refractivity contribution in [2.45, 2.75) is 38.6 Å². The van der Waals surface area contributed by atoms with Crippen LogP contribution in [0.5, 0.6) is 0 Å². The third-order valence-corrected chi connectivity index (χ3v) is 4.83. The van der Waals surface area contributed by atoms with E-state index in [4.69, 9.17) is 33.8 Å². The summed E-state index contributed by atoms with van der Waals surface area (Å²) in [5.41, 5.74) is 21.0. The van der Waals surface area contributed by atoms with Gasteiger partial charge in [0.05, 0.1) is 16.3 Å². The van der Waals surface area contributed by atoms with E-state index in [0.717, 1.165) is 50.3 Å². The molecular weight excluding hydrogens is 336 g/mol. The van der Waals surface area contributed by atoms with Crippen LogP contribution in [0.3, 0.4) is 0 Å². The number of aromatic nitrogens is 2. The lowest BCUT2D eigenvalue weighted by Gasteiger charge is -2.32. The van der Waals surface area contributed by atoms with Crippen molar-refractivity contribution in [2.24, 2.45) is 5.73 Å². The van der Waals surface area contributed by atoms with E-state index in [2.05, 4.69) is 16.8 Å². The van der Waals surface area contributed by atoms with E-state index in [-0.39, 0.29) is 6.04 Å². The van der Waals surface area contributed by atoms with E-state index in [1.165, 1.54) is 0 Å². The van der Waals surface area contributed by atoms with Crippen LogP contribution in [0, 0.1) is 0 Å². The highest BCUT2D eigenvalue weighted by molar-refractivity contribution is 6.34. The van der Waals surface area contributed by atoms with Crippen molar-refractivity contribution >= 4 is 28.8 Å². The number of rotatable bonds is 4. The second-order valence-electron chi connectivity index (χ2n) is 6.56. The van der Waals surface area contributed by atoms with Gasteiger partial charge >= 0.3 is 0 Å². The maximum absolute atomic E-state index is 6.18. The zero-order chi connectivity index (χ0) is 18.0. The molecule has 0 saturated carbocycles. The Hall–Kier alpha value is -2.05. The number of nitrogen functional groups attached to an aromatic ring is 2. The van der Waals surface area contributed by atoms with Crippen LogP contribution in [0.4, 0.5) is 17.2 Å². The van der Waals surface area contributed by atoms with Crippen LogP contribution in [0.1, 0.15) is 31.9 Å². The Morgan fingerprint density at radius 1 is 1.28 bits per heavy atom. The zero-order valence-electron chi connectivity index (χ0n) is 14.5. The molecule has 1 saturated heterocycles. The summed E-state index contributed by atoms with van der Waals surface area (Å²) in [6.45, 7) is 3.86. The number of halogens is 1. The second kappa shape index (κ2) is 7.45. The minimum absolute atomic E-state index is 0.170. The molecule has 1 unspecified atom stereocenters. The van der Waals surface area contributed by atoms with E-state index in [0.29, 0.717) is 27.8 Å². The number of nitrogens with two attached hydrogens (primary N) is 3. The van der Waals surface area contributed by atoms with E-state index < -0.39 is 0 Å². The molecule has 1 atom stereocenters. The minimum Gasteiger partial charge on any atom is -0.398 e. The maximum atomic E-state index is 6.18. The molecule has 2 aromatic rings. The summed E-state index contributed by atoms with van der Waals surface area (Å²) in [6, 6.07) is 5.64. The normalized spacial score (nSPS) is 17.7. The smallest absolute Gasteiger partial charge is 0.166 e. The first kappa shape index (κ1) is 17.8. The molecule has 1 aromatic carbocycles. The summed E-state index contributed by atoms with van der Waals surface area (Å²) in [5.74, 6) is 1.40. The molecule has 0 spiro atoms. The SMILES string of the molecule is CCCc1cc(N2CCCC(N)C2)nc(-c2c(N)ccc(Cl)c2N)n1. The van der Waals surface area contributed by atoms with Gasteiger partial charge in [-0.1, -0.05) is 24.9 Å². The number of hydrogen-bond donors (Lipinski definition) is 3. The number of aryl methyl sites for hydroxylation is 1. The van der Waals surface area contributed by atoms with Crippen LogP contribution < -0.4 is 22.1 Å². The lowest BCUT2D eigenvalue weighted by atomic mass is 10.1. The van der Waals surface area contributed by atoms with E-state index in [9.17, 15) is 0 Å². The first-order chi connectivity index (χ1) is 12.0. The predicted octanol–water partition coefficient (Wildman–Crippen LogP) is 2.84. The van der Waals surface area contributed by atoms with Gasteiger partial charge < -0.3 is 22.1 Å². The van der Waals surface area contributed by atoms with E-state index in [1.807, 2.05) is 6.07 Å². The summed E-state index contributed by atoms with van der Waals surface area (Å²) in [4.78, 5) is 11.6. The Bertz CT molecular complexity index is 763. The molecule has 7 heteroatoms. The summed E-state index contributed by atoms with van der Waals surface area (Å²) in [7, 11) is 0. The van der Waals surface area contributed by atoms with Gasteiger partial charge in [0, 0.05) is 36.6 Å². The van der Waals surface area contributed by atoms with Crippen LogP contribution in [0.15, 0.2) is 18.2 Å². The Morgan fingerprint density at radius 3 is 2.80 bits per heavy atom. The van der Waals surface area contributed by atoms with Gasteiger partial charge in [-0.15, -0.1) is 0 Å². The highest BCUT2D eigenvalue weighted by Gasteiger charge is 2.21. The molecule has 134 valence electrons. The zero-order valence-corrected chi connectivity index (χ0v) is 15.3. The molecule has 6 N–H and O–H groups in total. The Balaban J connectivity index is 2.09. The van der Waals surface area contributed by atoms with Gasteiger partial charge in [-0.2, -0.15) is 0 Å². The molecule has 0 amide bonds. The summed E-state index contributed by atoms with van der Waals surface area (Å²) >= 11 is 6.18. The van der Waals surface area contributed by atoms with Crippen molar-refractivity contribution in [3.8, 4) is 11.4 Å². The van der Waals surface area contributed by atoms with Crippen molar-refractivity contribution in [3.05, 3.63) is 28.9 Å². The molecule has 1 aliphatic rings. The average molecular weight is 361 g/mol. The molecule has 25 heavy (non-hydrogen) atoms. The first-order valence-electron chi connectivity index (χ1n) is 8.72. The van der Waals surface area contributed by atoms with Crippen molar-refractivity contribution in [2.75, 3.05) is 29.5 Å². The highest BCUT2D eigenvalue weighted by Crippen LogP contribution is 2.35. The van der Waals surface area contributed by atoms with Gasteiger partial charge in [0.25, 0.3) is 0 Å². The number of benzene rings is 1. The van der Waals surface area contributed by atoms with E-state index in [1.54, 1.807) is 12.1 Å². The van der Waals surface area contributed by atoms with Crippen LogP contribution in [0.2, 0.25) is 5.02 Å². The van der Waals surface area contributed by atoms with Crippen LogP contribution >= 0.6 is 11.6 Å². The monoisotopic (exact) mass is 360 g/mol. The van der Waals surface area contributed by atoms with Crippen LogP contribution in [-0.4, -0.2) is 29.1 Å². The largest absolute Gasteiger partial charge is 0.398 e. The minimum atomic E-state index is 0.170. The number of nitrogens with zero attached hydrogens (tertiary/aromatic N) is 3. The van der Waals surface area contributed by atoms with Gasteiger partial charge in [0.15, 0.2) is 5.82 Å². The summed E-state index contributed by atoms with van der Waals surface area (Å²) < 4.78 is 0. The second-order valence-corrected chi connectivity index (χ2v) is 6.97. The Morgan fingerprint density at radius 2 is 2.08 bits per heavy atom. The fourth-order valence-corrected chi connectivity index (χ4v) is 3.38. The Labute approximate surface area is 153 Å². The molecule has 1 aromatic heterocycles. The third-order valence-electron chi connectivity index (χ3n) is 4.50. The predicted molar refractivity (Wildman–Crippen MR) is 105 cm³/mol. The number of anilines is 3. The maximum Gasteiger partial charge on any atom is 0.166 e. The molecule has 2 heterocycles. The number of hydrogen-bond acceptors (Lipinski definition) is 6.